The van der Waals surface area contributed by atoms with Gasteiger partial charge in [-0.25, -0.2) is 0 Å². The average molecular weight is 403 g/mol. The molecule has 25 heavy (non-hydrogen) atoms. The molecule has 1 amide bonds. The Morgan fingerprint density at radius 3 is 2.84 bits per heavy atom. The van der Waals surface area contributed by atoms with Gasteiger partial charge in [0.05, 0.1) is 5.56 Å². The van der Waals surface area contributed by atoms with Crippen LogP contribution in [0.25, 0.3) is 0 Å². The number of hydrogen-bond acceptors (Lipinski definition) is 6. The SMILES string of the molecule is Nc1noc(CCNC(=O)c2ccccc2Oc2cccc(Br)c2)n1. The van der Waals surface area contributed by atoms with Gasteiger partial charge in [-0.05, 0) is 35.5 Å². The molecule has 1 heterocycles. The number of para-hydroxylation sites is 1. The summed E-state index contributed by atoms with van der Waals surface area (Å²) in [6.45, 7) is 0.339. The van der Waals surface area contributed by atoms with Crippen LogP contribution >= 0.6 is 15.9 Å². The fraction of sp³-hybridized carbons (Fsp3) is 0.118. The maximum atomic E-state index is 12.4. The van der Waals surface area contributed by atoms with Crippen molar-refractivity contribution in [1.82, 2.24) is 15.5 Å². The molecule has 3 aromatic rings. The van der Waals surface area contributed by atoms with Crippen LogP contribution in [0.1, 0.15) is 16.2 Å². The number of carbonyl (C=O) groups is 1. The Balaban J connectivity index is 1.66. The van der Waals surface area contributed by atoms with E-state index < -0.39 is 0 Å². The van der Waals surface area contributed by atoms with Gasteiger partial charge in [0.25, 0.3) is 11.9 Å². The second kappa shape index (κ2) is 7.80. The monoisotopic (exact) mass is 402 g/mol. The number of benzene rings is 2. The van der Waals surface area contributed by atoms with Crippen molar-refractivity contribution in [3.8, 4) is 11.5 Å². The van der Waals surface area contributed by atoms with Crippen LogP contribution in [0.2, 0.25) is 0 Å². The van der Waals surface area contributed by atoms with Crippen LogP contribution in [0.15, 0.2) is 57.5 Å². The second-order valence-electron chi connectivity index (χ2n) is 5.11. The molecule has 0 aliphatic rings. The van der Waals surface area contributed by atoms with Crippen LogP contribution in [0.4, 0.5) is 5.95 Å². The van der Waals surface area contributed by atoms with Crippen LogP contribution in [0.5, 0.6) is 11.5 Å². The van der Waals surface area contributed by atoms with Crippen LogP contribution in [0.3, 0.4) is 0 Å². The first kappa shape index (κ1) is 17.0. The molecule has 0 aliphatic heterocycles. The summed E-state index contributed by atoms with van der Waals surface area (Å²) in [5.41, 5.74) is 5.82. The number of halogens is 1. The highest BCUT2D eigenvalue weighted by Gasteiger charge is 2.13. The molecule has 0 radical (unpaired) electrons. The minimum Gasteiger partial charge on any atom is -0.456 e. The predicted octanol–water partition coefficient (Wildman–Crippen LogP) is 3.18. The van der Waals surface area contributed by atoms with E-state index in [2.05, 4.69) is 31.4 Å². The van der Waals surface area contributed by atoms with Gasteiger partial charge in [0, 0.05) is 17.4 Å². The van der Waals surface area contributed by atoms with E-state index >= 15 is 0 Å². The third kappa shape index (κ3) is 4.57. The molecule has 0 aliphatic carbocycles. The molecule has 3 N–H and O–H groups in total. The average Bonchev–Trinajstić information content (AvgIpc) is 3.00. The Kier molecular flexibility index (Phi) is 5.30. The fourth-order valence-electron chi connectivity index (χ4n) is 2.15. The molecule has 0 spiro atoms. The first-order valence-corrected chi connectivity index (χ1v) is 8.30. The molecule has 8 heteroatoms. The van der Waals surface area contributed by atoms with E-state index in [0.29, 0.717) is 35.9 Å². The fourth-order valence-corrected chi connectivity index (χ4v) is 2.53. The van der Waals surface area contributed by atoms with E-state index in [1.165, 1.54) is 0 Å². The highest BCUT2D eigenvalue weighted by molar-refractivity contribution is 9.10. The largest absolute Gasteiger partial charge is 0.456 e. The van der Waals surface area contributed by atoms with E-state index in [0.717, 1.165) is 4.47 Å². The number of hydrogen-bond donors (Lipinski definition) is 2. The number of carbonyl (C=O) groups excluding carboxylic acids is 1. The van der Waals surface area contributed by atoms with Crippen molar-refractivity contribution in [3.63, 3.8) is 0 Å². The molecular formula is C17H15BrN4O3. The Morgan fingerprint density at radius 1 is 1.24 bits per heavy atom. The summed E-state index contributed by atoms with van der Waals surface area (Å²) >= 11 is 3.39. The maximum Gasteiger partial charge on any atom is 0.260 e. The molecule has 1 aromatic heterocycles. The summed E-state index contributed by atoms with van der Waals surface area (Å²) in [6.07, 6.45) is 0.393. The van der Waals surface area contributed by atoms with Gasteiger partial charge in [0.1, 0.15) is 11.5 Å². The zero-order chi connectivity index (χ0) is 17.6. The van der Waals surface area contributed by atoms with E-state index in [9.17, 15) is 4.79 Å². The topological polar surface area (TPSA) is 103 Å². The Labute approximate surface area is 152 Å². The third-order valence-electron chi connectivity index (χ3n) is 3.26. The lowest BCUT2D eigenvalue weighted by atomic mass is 10.2. The molecule has 0 saturated carbocycles. The number of nitrogens with zero attached hydrogens (tertiary/aromatic N) is 2. The summed E-state index contributed by atoms with van der Waals surface area (Å²) in [4.78, 5) is 16.3. The Morgan fingerprint density at radius 2 is 2.08 bits per heavy atom. The number of rotatable bonds is 6. The zero-order valence-electron chi connectivity index (χ0n) is 13.1. The molecule has 2 aromatic carbocycles. The standard InChI is InChI=1S/C17H15BrN4O3/c18-11-4-3-5-12(10-11)24-14-7-2-1-6-13(14)16(23)20-9-8-15-21-17(19)22-25-15/h1-7,10H,8-9H2,(H2,19,22)(H,20,23). The molecule has 0 fully saturated rings. The first-order chi connectivity index (χ1) is 12.1. The third-order valence-corrected chi connectivity index (χ3v) is 3.76. The lowest BCUT2D eigenvalue weighted by Crippen LogP contribution is -2.26. The Bertz CT molecular complexity index is 882. The minimum absolute atomic E-state index is 0.0779. The normalized spacial score (nSPS) is 10.4. The summed E-state index contributed by atoms with van der Waals surface area (Å²) < 4.78 is 11.6. The smallest absolute Gasteiger partial charge is 0.260 e. The number of nitrogen functional groups attached to an aromatic ring is 1. The van der Waals surface area contributed by atoms with Crippen molar-refractivity contribution in [1.29, 1.82) is 0 Å². The number of anilines is 1. The molecule has 7 nitrogen and oxygen atoms in total. The van der Waals surface area contributed by atoms with Crippen molar-refractivity contribution in [2.75, 3.05) is 12.3 Å². The molecular weight excluding hydrogens is 388 g/mol. The van der Waals surface area contributed by atoms with Gasteiger partial charge in [-0.15, -0.1) is 0 Å². The van der Waals surface area contributed by atoms with Crippen molar-refractivity contribution in [3.05, 3.63) is 64.5 Å². The van der Waals surface area contributed by atoms with E-state index in [1.807, 2.05) is 30.3 Å². The summed E-state index contributed by atoms with van der Waals surface area (Å²) in [5, 5.41) is 6.29. The van der Waals surface area contributed by atoms with Crippen molar-refractivity contribution in [2.45, 2.75) is 6.42 Å². The minimum atomic E-state index is -0.252. The zero-order valence-corrected chi connectivity index (χ0v) is 14.7. The highest BCUT2D eigenvalue weighted by atomic mass is 79.9. The lowest BCUT2D eigenvalue weighted by Gasteiger charge is -2.11. The number of nitrogens with one attached hydrogen (secondary N) is 1. The summed E-state index contributed by atoms with van der Waals surface area (Å²) in [5.74, 6) is 1.31. The predicted molar refractivity (Wildman–Crippen MR) is 95.4 cm³/mol. The number of ether oxygens (including phenoxy) is 1. The lowest BCUT2D eigenvalue weighted by molar-refractivity contribution is 0.0951. The molecule has 0 bridgehead atoms. The van der Waals surface area contributed by atoms with Gasteiger partial charge in [0.2, 0.25) is 5.89 Å². The van der Waals surface area contributed by atoms with Gasteiger partial charge < -0.3 is 20.3 Å². The second-order valence-corrected chi connectivity index (χ2v) is 6.02. The number of nitrogens with two attached hydrogens (primary N) is 1. The highest BCUT2D eigenvalue weighted by Crippen LogP contribution is 2.27. The van der Waals surface area contributed by atoms with E-state index in [-0.39, 0.29) is 11.9 Å². The van der Waals surface area contributed by atoms with Gasteiger partial charge in [-0.2, -0.15) is 4.98 Å². The number of amides is 1. The summed E-state index contributed by atoms with van der Waals surface area (Å²) in [7, 11) is 0. The van der Waals surface area contributed by atoms with Crippen LogP contribution in [-0.4, -0.2) is 22.6 Å². The maximum absolute atomic E-state index is 12.4. The summed E-state index contributed by atoms with van der Waals surface area (Å²) in [6, 6.07) is 14.4. The van der Waals surface area contributed by atoms with Crippen LogP contribution in [-0.2, 0) is 6.42 Å². The van der Waals surface area contributed by atoms with Gasteiger partial charge in [-0.1, -0.05) is 34.1 Å². The number of aromatic nitrogens is 2. The van der Waals surface area contributed by atoms with Crippen molar-refractivity contribution < 1.29 is 14.1 Å². The first-order valence-electron chi connectivity index (χ1n) is 7.50. The van der Waals surface area contributed by atoms with E-state index in [4.69, 9.17) is 15.0 Å². The molecule has 3 rings (SSSR count). The molecule has 0 unspecified atom stereocenters. The van der Waals surface area contributed by atoms with Crippen LogP contribution < -0.4 is 15.8 Å². The molecule has 0 saturated heterocycles. The van der Waals surface area contributed by atoms with Gasteiger partial charge in [-0.3, -0.25) is 4.79 Å². The van der Waals surface area contributed by atoms with Crippen molar-refractivity contribution >= 4 is 27.8 Å². The van der Waals surface area contributed by atoms with Crippen LogP contribution in [0, 0.1) is 0 Å². The van der Waals surface area contributed by atoms with Gasteiger partial charge >= 0.3 is 0 Å². The van der Waals surface area contributed by atoms with E-state index in [1.54, 1.807) is 18.2 Å². The Hall–Kier alpha value is -2.87. The van der Waals surface area contributed by atoms with Crippen molar-refractivity contribution in [2.24, 2.45) is 0 Å². The molecule has 0 atom stereocenters. The molecule has 128 valence electrons. The quantitative estimate of drug-likeness (QED) is 0.655. The van der Waals surface area contributed by atoms with Gasteiger partial charge in [0.15, 0.2) is 0 Å².